The molecule has 8 heteroatoms. The van der Waals surface area contributed by atoms with E-state index >= 15 is 0 Å². The average Bonchev–Trinajstić information content (AvgIpc) is 2.81. The fourth-order valence-electron chi connectivity index (χ4n) is 2.98. The molecule has 8 nitrogen and oxygen atoms in total. The van der Waals surface area contributed by atoms with Crippen LogP contribution in [0.5, 0.6) is 23.0 Å². The standard InChI is InChI=1S/C25H23NO7/c27-19-9-6-16(12-21(19)29)8-11-24(31)33-23(14-18-7-10-20(28)22(30)13-18)25(32)26-15-17-4-2-1-3-5-17/h1-13,23,27-30H,14-15H2,(H,26,32)/b11-8+/t23-/m1/s1. The third kappa shape index (κ3) is 6.76. The first kappa shape index (κ1) is 23.2. The van der Waals surface area contributed by atoms with Crippen molar-refractivity contribution < 1.29 is 34.8 Å². The van der Waals surface area contributed by atoms with Gasteiger partial charge in [-0.1, -0.05) is 42.5 Å². The summed E-state index contributed by atoms with van der Waals surface area (Å²) in [4.78, 5) is 25.2. The number of ether oxygens (including phenoxy) is 1. The lowest BCUT2D eigenvalue weighted by atomic mass is 10.1. The Balaban J connectivity index is 1.72. The molecule has 3 aromatic carbocycles. The Morgan fingerprint density at radius 3 is 2.15 bits per heavy atom. The number of hydrogen-bond acceptors (Lipinski definition) is 7. The van der Waals surface area contributed by atoms with Crippen molar-refractivity contribution in [2.45, 2.75) is 19.1 Å². The second-order valence-electron chi connectivity index (χ2n) is 7.24. The zero-order chi connectivity index (χ0) is 23.8. The molecule has 0 aliphatic rings. The van der Waals surface area contributed by atoms with Gasteiger partial charge >= 0.3 is 5.97 Å². The number of amides is 1. The van der Waals surface area contributed by atoms with Crippen LogP contribution in [-0.4, -0.2) is 38.4 Å². The number of benzene rings is 3. The summed E-state index contributed by atoms with van der Waals surface area (Å²) in [5.74, 6) is -2.62. The quantitative estimate of drug-likeness (QED) is 0.203. The minimum atomic E-state index is -1.21. The summed E-state index contributed by atoms with van der Waals surface area (Å²) in [5.41, 5.74) is 1.78. The Bertz CT molecular complexity index is 1160. The van der Waals surface area contributed by atoms with Crippen molar-refractivity contribution in [2.75, 3.05) is 0 Å². The molecule has 0 aliphatic carbocycles. The maximum absolute atomic E-state index is 12.8. The highest BCUT2D eigenvalue weighted by Crippen LogP contribution is 2.26. The molecule has 0 saturated heterocycles. The van der Waals surface area contributed by atoms with Crippen molar-refractivity contribution in [1.29, 1.82) is 0 Å². The number of phenolic OH excluding ortho intramolecular Hbond substituents is 4. The number of phenols is 4. The second-order valence-corrected chi connectivity index (χ2v) is 7.24. The fourth-order valence-corrected chi connectivity index (χ4v) is 2.98. The molecular formula is C25H23NO7. The Labute approximate surface area is 190 Å². The molecule has 0 spiro atoms. The molecule has 1 amide bonds. The first-order valence-corrected chi connectivity index (χ1v) is 10.0. The predicted octanol–water partition coefficient (Wildman–Crippen LogP) is 2.99. The predicted molar refractivity (Wildman–Crippen MR) is 120 cm³/mol. The van der Waals surface area contributed by atoms with Crippen molar-refractivity contribution in [3.05, 3.63) is 89.5 Å². The largest absolute Gasteiger partial charge is 0.504 e. The van der Waals surface area contributed by atoms with Gasteiger partial charge in [-0.2, -0.15) is 0 Å². The van der Waals surface area contributed by atoms with Crippen LogP contribution in [0.1, 0.15) is 16.7 Å². The Morgan fingerprint density at radius 1 is 0.818 bits per heavy atom. The SMILES string of the molecule is O=C(/C=C/c1ccc(O)c(O)c1)O[C@H](Cc1ccc(O)c(O)c1)C(=O)NCc1ccccc1. The number of nitrogens with one attached hydrogen (secondary N) is 1. The summed E-state index contributed by atoms with van der Waals surface area (Å²) in [7, 11) is 0. The van der Waals surface area contributed by atoms with E-state index in [1.54, 1.807) is 0 Å². The highest BCUT2D eigenvalue weighted by atomic mass is 16.5. The van der Waals surface area contributed by atoms with Gasteiger partial charge in [0.1, 0.15) is 0 Å². The minimum absolute atomic E-state index is 0.0337. The lowest BCUT2D eigenvalue weighted by molar-refractivity contribution is -0.151. The molecule has 0 aliphatic heterocycles. The smallest absolute Gasteiger partial charge is 0.331 e. The summed E-state index contributed by atoms with van der Waals surface area (Å²) in [6, 6.07) is 17.3. The molecule has 0 aromatic heterocycles. The second kappa shape index (κ2) is 10.7. The molecule has 0 heterocycles. The monoisotopic (exact) mass is 449 g/mol. The summed E-state index contributed by atoms with van der Waals surface area (Å²) < 4.78 is 5.36. The van der Waals surface area contributed by atoms with E-state index in [1.807, 2.05) is 30.3 Å². The summed E-state index contributed by atoms with van der Waals surface area (Å²) in [6.07, 6.45) is 1.22. The van der Waals surface area contributed by atoms with E-state index in [1.165, 1.54) is 42.5 Å². The van der Waals surface area contributed by atoms with E-state index < -0.39 is 18.0 Å². The van der Waals surface area contributed by atoms with E-state index in [9.17, 15) is 30.0 Å². The third-order valence-corrected chi connectivity index (χ3v) is 4.73. The van der Waals surface area contributed by atoms with Crippen LogP contribution in [0.4, 0.5) is 0 Å². The van der Waals surface area contributed by atoms with Crippen LogP contribution in [0.25, 0.3) is 6.08 Å². The van der Waals surface area contributed by atoms with Gasteiger partial charge in [0.15, 0.2) is 29.1 Å². The van der Waals surface area contributed by atoms with Gasteiger partial charge in [-0.25, -0.2) is 4.79 Å². The summed E-state index contributed by atoms with van der Waals surface area (Å²) in [5, 5.41) is 40.9. The Kier molecular flexibility index (Phi) is 7.54. The van der Waals surface area contributed by atoms with Crippen LogP contribution in [0.3, 0.4) is 0 Å². The van der Waals surface area contributed by atoms with Crippen LogP contribution in [-0.2, 0) is 27.3 Å². The zero-order valence-electron chi connectivity index (χ0n) is 17.5. The molecule has 3 rings (SSSR count). The number of aromatic hydroxyl groups is 4. The molecule has 170 valence electrons. The molecule has 3 aromatic rings. The number of carbonyl (C=O) groups is 2. The number of rotatable bonds is 8. The van der Waals surface area contributed by atoms with Crippen molar-refractivity contribution in [2.24, 2.45) is 0 Å². The Morgan fingerprint density at radius 2 is 1.48 bits per heavy atom. The highest BCUT2D eigenvalue weighted by Gasteiger charge is 2.23. The maximum Gasteiger partial charge on any atom is 0.331 e. The van der Waals surface area contributed by atoms with Gasteiger partial charge in [-0.3, -0.25) is 4.79 Å². The van der Waals surface area contributed by atoms with Crippen LogP contribution in [0.15, 0.2) is 72.8 Å². The molecule has 5 N–H and O–H groups in total. The number of carbonyl (C=O) groups excluding carboxylic acids is 2. The molecule has 0 fully saturated rings. The van der Waals surface area contributed by atoms with E-state index in [0.717, 1.165) is 11.6 Å². The van der Waals surface area contributed by atoms with Gasteiger partial charge < -0.3 is 30.5 Å². The molecular weight excluding hydrogens is 426 g/mol. The van der Waals surface area contributed by atoms with E-state index in [2.05, 4.69) is 5.32 Å². The van der Waals surface area contributed by atoms with Crippen molar-refractivity contribution in [3.8, 4) is 23.0 Å². The van der Waals surface area contributed by atoms with Crippen LogP contribution in [0.2, 0.25) is 0 Å². The summed E-state index contributed by atoms with van der Waals surface area (Å²) >= 11 is 0. The highest BCUT2D eigenvalue weighted by molar-refractivity contribution is 5.90. The van der Waals surface area contributed by atoms with Gasteiger partial charge in [0.25, 0.3) is 5.91 Å². The van der Waals surface area contributed by atoms with E-state index in [0.29, 0.717) is 11.1 Å². The van der Waals surface area contributed by atoms with Crippen LogP contribution in [0, 0.1) is 0 Å². The van der Waals surface area contributed by atoms with Crippen LogP contribution < -0.4 is 5.32 Å². The molecule has 33 heavy (non-hydrogen) atoms. The lowest BCUT2D eigenvalue weighted by Crippen LogP contribution is -2.38. The lowest BCUT2D eigenvalue weighted by Gasteiger charge is -2.17. The van der Waals surface area contributed by atoms with Crippen molar-refractivity contribution >= 4 is 18.0 Å². The normalized spacial score (nSPS) is 11.8. The molecule has 1 atom stereocenters. The van der Waals surface area contributed by atoms with Gasteiger partial charge in [-0.05, 0) is 47.0 Å². The molecule has 0 bridgehead atoms. The average molecular weight is 449 g/mol. The van der Waals surface area contributed by atoms with Gasteiger partial charge in [-0.15, -0.1) is 0 Å². The van der Waals surface area contributed by atoms with E-state index in [4.69, 9.17) is 4.74 Å². The molecule has 0 saturated carbocycles. The van der Waals surface area contributed by atoms with Gasteiger partial charge in [0.2, 0.25) is 0 Å². The first-order chi connectivity index (χ1) is 15.8. The van der Waals surface area contributed by atoms with Gasteiger partial charge in [0, 0.05) is 19.0 Å². The number of hydrogen-bond donors (Lipinski definition) is 5. The van der Waals surface area contributed by atoms with Crippen molar-refractivity contribution in [3.63, 3.8) is 0 Å². The number of esters is 1. The van der Waals surface area contributed by atoms with E-state index in [-0.39, 0.29) is 36.0 Å². The molecule has 0 unspecified atom stereocenters. The maximum atomic E-state index is 12.8. The summed E-state index contributed by atoms with van der Waals surface area (Å²) in [6.45, 7) is 0.233. The fraction of sp³-hybridized carbons (Fsp3) is 0.120. The topological polar surface area (TPSA) is 136 Å². The minimum Gasteiger partial charge on any atom is -0.504 e. The van der Waals surface area contributed by atoms with Crippen LogP contribution >= 0.6 is 0 Å². The molecule has 0 radical (unpaired) electrons. The van der Waals surface area contributed by atoms with Crippen molar-refractivity contribution in [1.82, 2.24) is 5.32 Å². The zero-order valence-corrected chi connectivity index (χ0v) is 17.5. The Hall–Kier alpha value is -4.46. The third-order valence-electron chi connectivity index (χ3n) is 4.73. The van der Waals surface area contributed by atoms with Gasteiger partial charge in [0.05, 0.1) is 0 Å². The first-order valence-electron chi connectivity index (χ1n) is 10.0.